The van der Waals surface area contributed by atoms with Crippen LogP contribution in [0.1, 0.15) is 30.5 Å². The van der Waals surface area contributed by atoms with Gasteiger partial charge >= 0.3 is 64.9 Å². The number of halogens is 3. The maximum absolute atomic E-state index is 4.41. The Kier molecular flexibility index (Phi) is 12.0. The van der Waals surface area contributed by atoms with Gasteiger partial charge < -0.3 is 5.32 Å². The van der Waals surface area contributed by atoms with E-state index in [9.17, 15) is 0 Å². The van der Waals surface area contributed by atoms with E-state index in [0.29, 0.717) is 0 Å². The monoisotopic (exact) mass is 725 g/mol. The molecule has 0 aliphatic rings. The number of aromatic nitrogens is 2. The van der Waals surface area contributed by atoms with Crippen LogP contribution in [0.25, 0.3) is 10.9 Å². The molecule has 0 amide bonds. The molecule has 0 aliphatic carbocycles. The zero-order valence-corrected chi connectivity index (χ0v) is 23.4. The number of aryl methyl sites for hydroxylation is 2. The van der Waals surface area contributed by atoms with E-state index in [4.69, 9.17) is 0 Å². The summed E-state index contributed by atoms with van der Waals surface area (Å²) in [5.74, 6) is 0.863. The summed E-state index contributed by atoms with van der Waals surface area (Å²) in [6.45, 7) is 10.4. The molecule has 140 valence electrons. The number of para-hydroxylation sites is 1. The van der Waals surface area contributed by atoms with Crippen molar-refractivity contribution in [3.05, 3.63) is 59.4 Å². The molecule has 0 radical (unpaired) electrons. The van der Waals surface area contributed by atoms with Crippen LogP contribution in [0, 0.1) is 20.8 Å². The zero-order chi connectivity index (χ0) is 19.7. The van der Waals surface area contributed by atoms with Gasteiger partial charge in [-0.1, -0.05) is 32.0 Å². The molecule has 1 aromatic heterocycles. The Labute approximate surface area is 194 Å². The van der Waals surface area contributed by atoms with E-state index in [1.54, 1.807) is 6.33 Å². The summed E-state index contributed by atoms with van der Waals surface area (Å²) in [6, 6.07) is 12.2. The van der Waals surface area contributed by atoms with E-state index in [2.05, 4.69) is 102 Å². The molecule has 0 saturated carbocycles. The van der Waals surface area contributed by atoms with Crippen LogP contribution in [-0.2, 0) is 4.92 Å². The van der Waals surface area contributed by atoms with Gasteiger partial charge in [-0.05, 0) is 55.7 Å². The van der Waals surface area contributed by atoms with E-state index in [1.807, 2.05) is 44.2 Å². The van der Waals surface area contributed by atoms with Crippen LogP contribution in [-0.4, -0.2) is 9.97 Å². The van der Waals surface area contributed by atoms with Gasteiger partial charge in [-0.3, -0.25) is 0 Å². The number of rotatable bonds is 2. The van der Waals surface area contributed by atoms with Gasteiger partial charge in [-0.25, -0.2) is 9.97 Å². The summed E-state index contributed by atoms with van der Waals surface area (Å²) in [4.78, 5) is 8.53. The average molecular weight is 725 g/mol. The van der Waals surface area contributed by atoms with Crippen molar-refractivity contribution >= 4 is 82.3 Å². The van der Waals surface area contributed by atoms with Crippen molar-refractivity contribution in [1.29, 1.82) is 0 Å². The summed E-state index contributed by atoms with van der Waals surface area (Å²) in [6.07, 6.45) is 1.61. The molecule has 0 aliphatic heterocycles. The molecule has 0 fully saturated rings. The zero-order valence-electron chi connectivity index (χ0n) is 15.5. The summed E-state index contributed by atoms with van der Waals surface area (Å²) < 4.78 is 0. The van der Waals surface area contributed by atoms with Gasteiger partial charge in [0, 0.05) is 11.1 Å². The molecule has 0 bridgehead atoms. The van der Waals surface area contributed by atoms with Gasteiger partial charge in [-0.2, -0.15) is 0 Å². The fourth-order valence-electron chi connectivity index (χ4n) is 2.43. The van der Waals surface area contributed by atoms with E-state index in [0.717, 1.165) is 22.4 Å². The minimum absolute atomic E-state index is 0.278. The quantitative estimate of drug-likeness (QED) is 0.273. The first-order valence-electron chi connectivity index (χ1n) is 8.21. The average Bonchev–Trinajstić information content (AvgIpc) is 2.62. The van der Waals surface area contributed by atoms with Gasteiger partial charge in [0.05, 0.1) is 5.52 Å². The van der Waals surface area contributed by atoms with Crippen molar-refractivity contribution in [3.63, 3.8) is 0 Å². The molecule has 0 spiro atoms. The summed E-state index contributed by atoms with van der Waals surface area (Å²) in [7, 11) is 0. The Hall–Kier alpha value is 0.354. The van der Waals surface area contributed by atoms with Crippen LogP contribution in [0.3, 0.4) is 0 Å². The Morgan fingerprint density at radius 2 is 1.46 bits per heavy atom. The SMILES string of the molecule is CC.Cc1cc2ncnc(Nc3ccccc3)c2c(C)c1C.[I][V]([I])[I]. The molecule has 1 heterocycles. The number of nitrogens with zero attached hydrogens (tertiary/aromatic N) is 2. The van der Waals surface area contributed by atoms with Gasteiger partial charge in [0.2, 0.25) is 0 Å². The molecule has 0 atom stereocenters. The molecule has 26 heavy (non-hydrogen) atoms. The standard InChI is InChI=1S/C17H17N3.C2H6.3HI.V/c1-11-9-15-16(13(3)12(11)2)17(19-10-18-15)20-14-7-5-4-6-8-14;1-2;;;;/h4-10H,1-3H3,(H,18,19,20);1-2H3;3*1H;/q;;;;;+3/p-3. The summed E-state index contributed by atoms with van der Waals surface area (Å²) in [5, 5.41) is 4.48. The third-order valence-electron chi connectivity index (χ3n) is 3.80. The van der Waals surface area contributed by atoms with Gasteiger partial charge in [0.1, 0.15) is 12.1 Å². The van der Waals surface area contributed by atoms with Crippen molar-refractivity contribution in [2.45, 2.75) is 34.6 Å². The first-order valence-corrected chi connectivity index (χ1v) is 21.7. The van der Waals surface area contributed by atoms with E-state index >= 15 is 0 Å². The van der Waals surface area contributed by atoms with Crippen LogP contribution in [0.15, 0.2) is 42.7 Å². The molecule has 3 nitrogen and oxygen atoms in total. The molecule has 0 saturated heterocycles. The second-order valence-corrected chi connectivity index (χ2v) is 40.6. The van der Waals surface area contributed by atoms with Crippen LogP contribution < -0.4 is 5.32 Å². The molecule has 7 heteroatoms. The van der Waals surface area contributed by atoms with Crippen molar-refractivity contribution < 1.29 is 4.92 Å². The molecule has 3 rings (SSSR count). The van der Waals surface area contributed by atoms with Crippen LogP contribution >= 0.6 is 59.9 Å². The Morgan fingerprint density at radius 3 is 2.04 bits per heavy atom. The number of anilines is 2. The normalized spacial score (nSPS) is 9.88. The van der Waals surface area contributed by atoms with Crippen molar-refractivity contribution in [2.24, 2.45) is 0 Å². The third-order valence-corrected chi connectivity index (χ3v) is 3.80. The first-order chi connectivity index (χ1) is 12.4. The predicted octanol–water partition coefficient (Wildman–Crippen LogP) is 7.98. The number of hydrogen-bond acceptors (Lipinski definition) is 3. The summed E-state index contributed by atoms with van der Waals surface area (Å²) in [5.41, 5.74) is 5.81. The number of fused-ring (bicyclic) bond motifs is 1. The predicted molar refractivity (Wildman–Crippen MR) is 137 cm³/mol. The molecule has 0 unspecified atom stereocenters. The minimum atomic E-state index is -0.278. The molecule has 2 aromatic carbocycles. The summed E-state index contributed by atoms with van der Waals surface area (Å²) >= 11 is 7.39. The number of nitrogens with one attached hydrogen (secondary N) is 1. The van der Waals surface area contributed by atoms with Gasteiger partial charge in [0.15, 0.2) is 0 Å². The van der Waals surface area contributed by atoms with Crippen molar-refractivity contribution in [2.75, 3.05) is 5.32 Å². The van der Waals surface area contributed by atoms with E-state index in [1.165, 1.54) is 16.7 Å². The van der Waals surface area contributed by atoms with E-state index < -0.39 is 0 Å². The van der Waals surface area contributed by atoms with Gasteiger partial charge in [0.25, 0.3) is 0 Å². The van der Waals surface area contributed by atoms with Crippen LogP contribution in [0.2, 0.25) is 0 Å². The maximum atomic E-state index is 4.41. The first kappa shape index (κ1) is 24.4. The fourth-order valence-corrected chi connectivity index (χ4v) is 2.43. The number of hydrogen-bond donors (Lipinski definition) is 1. The van der Waals surface area contributed by atoms with Gasteiger partial charge in [-0.15, -0.1) is 0 Å². The fraction of sp³-hybridized carbons (Fsp3) is 0.263. The molecule has 3 aromatic rings. The Morgan fingerprint density at radius 1 is 0.885 bits per heavy atom. The van der Waals surface area contributed by atoms with Crippen LogP contribution in [0.5, 0.6) is 0 Å². The Bertz CT molecular complexity index is 824. The number of benzene rings is 2. The van der Waals surface area contributed by atoms with E-state index in [-0.39, 0.29) is 4.92 Å². The molecule has 1 N–H and O–H groups in total. The second kappa shape index (κ2) is 12.7. The van der Waals surface area contributed by atoms with Crippen LogP contribution in [0.4, 0.5) is 11.5 Å². The van der Waals surface area contributed by atoms with Crippen molar-refractivity contribution in [1.82, 2.24) is 9.97 Å². The third kappa shape index (κ3) is 7.40. The Balaban J connectivity index is 0.000000500. The second-order valence-electron chi connectivity index (χ2n) is 5.24. The molecular formula is C19H23I3N3V. The topological polar surface area (TPSA) is 37.8 Å². The molecular weight excluding hydrogens is 702 g/mol. The van der Waals surface area contributed by atoms with Crippen molar-refractivity contribution in [3.8, 4) is 0 Å².